The number of hydrogen-bond donors (Lipinski definition) is 0. The molecule has 0 bridgehead atoms. The van der Waals surface area contributed by atoms with Gasteiger partial charge in [0.15, 0.2) is 0 Å². The Hall–Kier alpha value is -2.37. The Morgan fingerprint density at radius 1 is 0.952 bits per heavy atom. The lowest BCUT2D eigenvalue weighted by Gasteiger charge is -2.15. The van der Waals surface area contributed by atoms with Gasteiger partial charge in [-0.3, -0.25) is 0 Å². The molecule has 6 nitrogen and oxygen atoms in total. The van der Waals surface area contributed by atoms with Gasteiger partial charge in [0, 0.05) is 0 Å². The minimum Gasteiger partial charge on any atom is -0.465 e. The first-order chi connectivity index (χ1) is 9.88. The van der Waals surface area contributed by atoms with E-state index in [1.165, 1.54) is 20.3 Å². The van der Waals surface area contributed by atoms with Crippen LogP contribution in [0.1, 0.15) is 49.1 Å². The summed E-state index contributed by atoms with van der Waals surface area (Å²) in [5.41, 5.74) is 1.19. The molecule has 0 fully saturated rings. The van der Waals surface area contributed by atoms with E-state index in [4.69, 9.17) is 4.74 Å². The number of rotatable bonds is 4. The molecule has 21 heavy (non-hydrogen) atoms. The van der Waals surface area contributed by atoms with E-state index < -0.39 is 17.9 Å². The van der Waals surface area contributed by atoms with E-state index in [9.17, 15) is 14.4 Å². The van der Waals surface area contributed by atoms with Crippen LogP contribution in [-0.2, 0) is 14.2 Å². The third-order valence-corrected chi connectivity index (χ3v) is 3.05. The molecule has 6 heteroatoms. The molecule has 0 radical (unpaired) electrons. The number of methoxy groups -OCH3 is 2. The van der Waals surface area contributed by atoms with Crippen LogP contribution in [-0.4, -0.2) is 38.7 Å². The Balaban J connectivity index is 3.63. The van der Waals surface area contributed by atoms with Crippen LogP contribution in [0.2, 0.25) is 0 Å². The first kappa shape index (κ1) is 16.7. The summed E-state index contributed by atoms with van der Waals surface area (Å²) in [6, 6.07) is 1.43. The third-order valence-electron chi connectivity index (χ3n) is 3.05. The van der Waals surface area contributed by atoms with Crippen molar-refractivity contribution < 1.29 is 28.6 Å². The Morgan fingerprint density at radius 2 is 1.52 bits per heavy atom. The van der Waals surface area contributed by atoms with Gasteiger partial charge >= 0.3 is 17.9 Å². The molecular weight excluding hydrogens is 276 g/mol. The fourth-order valence-electron chi connectivity index (χ4n) is 2.14. The fraction of sp³-hybridized carbons (Fsp3) is 0.400. The maximum atomic E-state index is 12.0. The van der Waals surface area contributed by atoms with E-state index in [0.717, 1.165) is 0 Å². The van der Waals surface area contributed by atoms with Gasteiger partial charge < -0.3 is 14.2 Å². The largest absolute Gasteiger partial charge is 0.465 e. The van der Waals surface area contributed by atoms with Crippen molar-refractivity contribution in [2.75, 3.05) is 20.8 Å². The van der Waals surface area contributed by atoms with Crippen LogP contribution in [0.3, 0.4) is 0 Å². The van der Waals surface area contributed by atoms with Gasteiger partial charge in [0.25, 0.3) is 0 Å². The summed E-state index contributed by atoms with van der Waals surface area (Å²) in [7, 11) is 2.42. The van der Waals surface area contributed by atoms with Crippen LogP contribution in [0, 0.1) is 13.8 Å². The zero-order valence-electron chi connectivity index (χ0n) is 12.7. The number of benzene rings is 1. The molecule has 0 unspecified atom stereocenters. The van der Waals surface area contributed by atoms with E-state index in [-0.39, 0.29) is 23.3 Å². The topological polar surface area (TPSA) is 78.9 Å². The van der Waals surface area contributed by atoms with E-state index in [2.05, 4.69) is 9.47 Å². The molecule has 0 amide bonds. The van der Waals surface area contributed by atoms with Crippen molar-refractivity contribution in [3.63, 3.8) is 0 Å². The van der Waals surface area contributed by atoms with Crippen LogP contribution >= 0.6 is 0 Å². The van der Waals surface area contributed by atoms with Crippen LogP contribution in [0.4, 0.5) is 0 Å². The molecule has 0 aromatic heterocycles. The molecule has 0 aliphatic rings. The highest BCUT2D eigenvalue weighted by molar-refractivity contribution is 6.07. The highest BCUT2D eigenvalue weighted by Crippen LogP contribution is 2.25. The first-order valence-corrected chi connectivity index (χ1v) is 6.36. The number of aryl methyl sites for hydroxylation is 1. The molecule has 0 N–H and O–H groups in total. The molecule has 0 atom stereocenters. The summed E-state index contributed by atoms with van der Waals surface area (Å²) in [4.78, 5) is 35.8. The molecule has 114 valence electrons. The van der Waals surface area contributed by atoms with Gasteiger partial charge in [-0.2, -0.15) is 0 Å². The van der Waals surface area contributed by atoms with Crippen molar-refractivity contribution in [2.45, 2.75) is 20.8 Å². The van der Waals surface area contributed by atoms with Crippen LogP contribution in [0.5, 0.6) is 0 Å². The number of carbonyl (C=O) groups is 3. The number of ether oxygens (including phenoxy) is 3. The van der Waals surface area contributed by atoms with E-state index in [1.807, 2.05) is 0 Å². The molecule has 0 aliphatic carbocycles. The summed E-state index contributed by atoms with van der Waals surface area (Å²) in [5.74, 6) is -1.93. The second-order valence-electron chi connectivity index (χ2n) is 4.32. The van der Waals surface area contributed by atoms with Gasteiger partial charge in [-0.05, 0) is 38.0 Å². The van der Waals surface area contributed by atoms with Crippen LogP contribution < -0.4 is 0 Å². The van der Waals surface area contributed by atoms with Gasteiger partial charge in [0.1, 0.15) is 0 Å². The van der Waals surface area contributed by atoms with E-state index in [1.54, 1.807) is 20.8 Å². The number of esters is 3. The molecule has 1 aromatic rings. The number of hydrogen-bond acceptors (Lipinski definition) is 6. The lowest BCUT2D eigenvalue weighted by molar-refractivity contribution is 0.0519. The zero-order chi connectivity index (χ0) is 16.2. The molecule has 0 heterocycles. The molecule has 1 rings (SSSR count). The Morgan fingerprint density at radius 3 is 2.00 bits per heavy atom. The summed E-state index contributed by atoms with van der Waals surface area (Å²) in [6.07, 6.45) is 0. The number of carbonyl (C=O) groups excluding carboxylic acids is 3. The molecular formula is C15H18O6. The van der Waals surface area contributed by atoms with E-state index >= 15 is 0 Å². The lowest BCUT2D eigenvalue weighted by atomic mass is 9.92. The molecule has 0 spiro atoms. The van der Waals surface area contributed by atoms with Crippen molar-refractivity contribution in [2.24, 2.45) is 0 Å². The smallest absolute Gasteiger partial charge is 0.339 e. The highest BCUT2D eigenvalue weighted by atomic mass is 16.5. The predicted octanol–water partition coefficient (Wildman–Crippen LogP) is 2.05. The summed E-state index contributed by atoms with van der Waals surface area (Å²) in [6.45, 7) is 5.13. The lowest BCUT2D eigenvalue weighted by Crippen LogP contribution is -2.18. The van der Waals surface area contributed by atoms with Crippen molar-refractivity contribution >= 4 is 17.9 Å². The summed E-state index contributed by atoms with van der Waals surface area (Å²) >= 11 is 0. The Labute approximate surface area is 123 Å². The SMILES string of the molecule is CCOC(=O)c1c(C)cc(C(=O)OC)c(C(=O)OC)c1C. The molecule has 0 aliphatic heterocycles. The van der Waals surface area contributed by atoms with Crippen LogP contribution in [0.25, 0.3) is 0 Å². The van der Waals surface area contributed by atoms with Crippen molar-refractivity contribution in [1.29, 1.82) is 0 Å². The van der Waals surface area contributed by atoms with Gasteiger partial charge in [-0.25, -0.2) is 14.4 Å². The van der Waals surface area contributed by atoms with Gasteiger partial charge in [-0.15, -0.1) is 0 Å². The third kappa shape index (κ3) is 3.21. The highest BCUT2D eigenvalue weighted by Gasteiger charge is 2.27. The Bertz CT molecular complexity index is 588. The van der Waals surface area contributed by atoms with Gasteiger partial charge in [0.05, 0.1) is 37.5 Å². The van der Waals surface area contributed by atoms with Crippen LogP contribution in [0.15, 0.2) is 6.07 Å². The Kier molecular flexibility index (Phi) is 5.46. The monoisotopic (exact) mass is 294 g/mol. The average Bonchev–Trinajstić information content (AvgIpc) is 2.45. The van der Waals surface area contributed by atoms with Gasteiger partial charge in [-0.1, -0.05) is 0 Å². The standard InChI is InChI=1S/C15H18O6/c1-6-21-15(18)11-8(2)7-10(13(16)19-4)12(9(11)3)14(17)20-5/h7H,6H2,1-5H3. The maximum absolute atomic E-state index is 12.0. The maximum Gasteiger partial charge on any atom is 0.339 e. The quantitative estimate of drug-likeness (QED) is 0.624. The zero-order valence-corrected chi connectivity index (χ0v) is 12.7. The average molecular weight is 294 g/mol. The van der Waals surface area contributed by atoms with Crippen molar-refractivity contribution in [3.8, 4) is 0 Å². The second-order valence-corrected chi connectivity index (χ2v) is 4.32. The minimum absolute atomic E-state index is 0.0120. The normalized spacial score (nSPS) is 9.95. The summed E-state index contributed by atoms with van der Waals surface area (Å²) < 4.78 is 14.3. The summed E-state index contributed by atoms with van der Waals surface area (Å²) in [5, 5.41) is 0. The fourth-order valence-corrected chi connectivity index (χ4v) is 2.14. The predicted molar refractivity (Wildman–Crippen MR) is 74.6 cm³/mol. The second kappa shape index (κ2) is 6.88. The molecule has 0 saturated carbocycles. The molecule has 1 aromatic carbocycles. The van der Waals surface area contributed by atoms with Crippen molar-refractivity contribution in [3.05, 3.63) is 33.9 Å². The van der Waals surface area contributed by atoms with Crippen molar-refractivity contribution in [1.82, 2.24) is 0 Å². The van der Waals surface area contributed by atoms with Gasteiger partial charge in [0.2, 0.25) is 0 Å². The minimum atomic E-state index is -0.710. The molecule has 0 saturated heterocycles. The van der Waals surface area contributed by atoms with E-state index in [0.29, 0.717) is 11.1 Å². The first-order valence-electron chi connectivity index (χ1n) is 6.36.